The van der Waals surface area contributed by atoms with Crippen molar-refractivity contribution in [2.75, 3.05) is 13.1 Å². The predicted octanol–water partition coefficient (Wildman–Crippen LogP) is 4.92. The molecular weight excluding hydrogens is 284 g/mol. The quantitative estimate of drug-likeness (QED) is 0.565. The normalized spacial score (nSPS) is 11.6. The molecule has 1 N–H and O–H groups in total. The molecule has 0 radical (unpaired) electrons. The van der Waals surface area contributed by atoms with Crippen LogP contribution >= 0.6 is 0 Å². The number of rotatable bonds is 12. The zero-order valence-corrected chi connectivity index (χ0v) is 14.9. The number of aromatic amines is 1. The van der Waals surface area contributed by atoms with E-state index in [1.54, 1.807) is 0 Å². The molecule has 4 nitrogen and oxygen atoms in total. The highest BCUT2D eigenvalue weighted by molar-refractivity contribution is 5.77. The molecule has 1 aromatic carbocycles. The van der Waals surface area contributed by atoms with Crippen molar-refractivity contribution < 1.29 is 0 Å². The van der Waals surface area contributed by atoms with Crippen molar-refractivity contribution >= 4 is 11.0 Å². The smallest absolute Gasteiger partial charge is 0.117 e. The van der Waals surface area contributed by atoms with E-state index >= 15 is 0 Å². The Hall–Kier alpha value is -1.42. The van der Waals surface area contributed by atoms with Gasteiger partial charge in [0, 0.05) is 6.54 Å². The van der Waals surface area contributed by atoms with Gasteiger partial charge in [0.05, 0.1) is 5.52 Å². The van der Waals surface area contributed by atoms with E-state index in [-0.39, 0.29) is 0 Å². The number of aromatic nitrogens is 3. The third-order valence-electron chi connectivity index (χ3n) is 4.49. The van der Waals surface area contributed by atoms with Crippen molar-refractivity contribution in [1.82, 2.24) is 20.3 Å². The summed E-state index contributed by atoms with van der Waals surface area (Å²) in [5.74, 6) is 0. The van der Waals surface area contributed by atoms with E-state index in [4.69, 9.17) is 0 Å². The van der Waals surface area contributed by atoms with Crippen LogP contribution in [0.25, 0.3) is 11.0 Å². The minimum absolute atomic E-state index is 0.988. The fourth-order valence-corrected chi connectivity index (χ4v) is 3.09. The summed E-state index contributed by atoms with van der Waals surface area (Å²) in [6.45, 7) is 7.92. The van der Waals surface area contributed by atoms with Crippen LogP contribution in [-0.4, -0.2) is 33.4 Å². The molecule has 0 saturated carbocycles. The largest absolute Gasteiger partial charge is 0.299 e. The molecule has 0 atom stereocenters. The van der Waals surface area contributed by atoms with Gasteiger partial charge in [0.1, 0.15) is 5.52 Å². The lowest BCUT2D eigenvalue weighted by Gasteiger charge is -2.22. The highest BCUT2D eigenvalue weighted by Crippen LogP contribution is 2.17. The molecule has 0 aliphatic heterocycles. The Balaban J connectivity index is 1.93. The molecule has 0 spiro atoms. The fraction of sp³-hybridized carbons (Fsp3) is 0.684. The molecule has 2 rings (SSSR count). The van der Waals surface area contributed by atoms with E-state index in [0.29, 0.717) is 0 Å². The lowest BCUT2D eigenvalue weighted by atomic mass is 10.1. The molecular formula is C19H32N4. The molecule has 0 unspecified atom stereocenters. The third-order valence-corrected chi connectivity index (χ3v) is 4.49. The monoisotopic (exact) mass is 316 g/mol. The first-order valence-electron chi connectivity index (χ1n) is 9.36. The Bertz CT molecular complexity index is 537. The van der Waals surface area contributed by atoms with E-state index < -0.39 is 0 Å². The molecule has 0 aliphatic carbocycles. The summed E-state index contributed by atoms with van der Waals surface area (Å²) >= 11 is 0. The Labute approximate surface area is 140 Å². The number of H-pyrrole nitrogens is 1. The van der Waals surface area contributed by atoms with Crippen molar-refractivity contribution in [3.8, 4) is 0 Å². The number of unbranched alkanes of at least 4 members (excludes halogenated alkanes) is 6. The zero-order valence-electron chi connectivity index (χ0n) is 14.9. The maximum atomic E-state index is 4.26. The second kappa shape index (κ2) is 10.4. The van der Waals surface area contributed by atoms with Gasteiger partial charge < -0.3 is 0 Å². The summed E-state index contributed by atoms with van der Waals surface area (Å²) in [6, 6.07) is 6.34. The van der Waals surface area contributed by atoms with Crippen LogP contribution < -0.4 is 0 Å². The van der Waals surface area contributed by atoms with Gasteiger partial charge >= 0.3 is 0 Å². The molecule has 1 heterocycles. The average molecular weight is 316 g/mol. The van der Waals surface area contributed by atoms with Crippen LogP contribution in [0.3, 0.4) is 0 Å². The minimum atomic E-state index is 0.988. The summed E-state index contributed by atoms with van der Waals surface area (Å²) < 4.78 is 0. The van der Waals surface area contributed by atoms with Crippen LogP contribution in [0.2, 0.25) is 0 Å². The minimum Gasteiger partial charge on any atom is -0.299 e. The van der Waals surface area contributed by atoms with Crippen molar-refractivity contribution in [1.29, 1.82) is 0 Å². The molecule has 128 valence electrons. The number of nitrogens with zero attached hydrogens (tertiary/aromatic N) is 3. The number of hydrogen-bond donors (Lipinski definition) is 1. The van der Waals surface area contributed by atoms with Gasteiger partial charge in [-0.1, -0.05) is 69.7 Å². The predicted molar refractivity (Wildman–Crippen MR) is 97.4 cm³/mol. The van der Waals surface area contributed by atoms with E-state index in [9.17, 15) is 0 Å². The van der Waals surface area contributed by atoms with Gasteiger partial charge in [0.2, 0.25) is 0 Å². The topological polar surface area (TPSA) is 44.8 Å². The third kappa shape index (κ3) is 5.94. The Morgan fingerprint density at radius 2 is 1.61 bits per heavy atom. The van der Waals surface area contributed by atoms with E-state index in [2.05, 4.69) is 46.3 Å². The molecule has 4 heteroatoms. The standard InChI is InChI=1S/C19H32N4/c1-3-5-7-9-14-23(15-10-8-6-4-2)16-17-12-11-13-18-19(17)21-22-20-18/h11-13H,3-10,14-16H2,1-2H3,(H,20,21,22). The van der Waals surface area contributed by atoms with Crippen LogP contribution in [-0.2, 0) is 6.54 Å². The first kappa shape index (κ1) is 17.9. The summed E-state index contributed by atoms with van der Waals surface area (Å²) in [5.41, 5.74) is 3.36. The van der Waals surface area contributed by atoms with Crippen LogP contribution in [0.5, 0.6) is 0 Å². The van der Waals surface area contributed by atoms with Gasteiger partial charge in [-0.15, -0.1) is 5.10 Å². The maximum Gasteiger partial charge on any atom is 0.117 e. The lowest BCUT2D eigenvalue weighted by molar-refractivity contribution is 0.253. The van der Waals surface area contributed by atoms with Gasteiger partial charge in [-0.25, -0.2) is 0 Å². The summed E-state index contributed by atoms with van der Waals surface area (Å²) in [7, 11) is 0. The summed E-state index contributed by atoms with van der Waals surface area (Å²) in [4.78, 5) is 2.61. The number of fused-ring (bicyclic) bond motifs is 1. The van der Waals surface area contributed by atoms with Gasteiger partial charge in [-0.3, -0.25) is 10.00 Å². The van der Waals surface area contributed by atoms with Crippen LogP contribution in [0.1, 0.15) is 70.8 Å². The van der Waals surface area contributed by atoms with Gasteiger partial charge in [0.15, 0.2) is 0 Å². The maximum absolute atomic E-state index is 4.26. The Morgan fingerprint density at radius 3 is 2.26 bits per heavy atom. The molecule has 0 amide bonds. The van der Waals surface area contributed by atoms with Gasteiger partial charge in [-0.05, 0) is 37.6 Å². The van der Waals surface area contributed by atoms with Crippen molar-refractivity contribution in [3.05, 3.63) is 23.8 Å². The van der Waals surface area contributed by atoms with E-state index in [1.165, 1.54) is 70.0 Å². The molecule has 2 aromatic rings. The molecule has 0 aliphatic rings. The van der Waals surface area contributed by atoms with E-state index in [1.807, 2.05) is 6.07 Å². The van der Waals surface area contributed by atoms with Crippen molar-refractivity contribution in [3.63, 3.8) is 0 Å². The molecule has 0 saturated heterocycles. The van der Waals surface area contributed by atoms with Crippen molar-refractivity contribution in [2.45, 2.75) is 71.8 Å². The highest BCUT2D eigenvalue weighted by Gasteiger charge is 2.10. The number of nitrogens with one attached hydrogen (secondary N) is 1. The number of benzene rings is 1. The average Bonchev–Trinajstić information content (AvgIpc) is 3.05. The molecule has 0 bridgehead atoms. The van der Waals surface area contributed by atoms with Gasteiger partial charge in [0.25, 0.3) is 0 Å². The second-order valence-electron chi connectivity index (χ2n) is 6.52. The van der Waals surface area contributed by atoms with Crippen LogP contribution in [0.15, 0.2) is 18.2 Å². The Kier molecular flexibility index (Phi) is 8.08. The second-order valence-corrected chi connectivity index (χ2v) is 6.52. The Morgan fingerprint density at radius 1 is 0.913 bits per heavy atom. The van der Waals surface area contributed by atoms with Crippen molar-refractivity contribution in [2.24, 2.45) is 0 Å². The van der Waals surface area contributed by atoms with E-state index in [0.717, 1.165) is 17.6 Å². The zero-order chi connectivity index (χ0) is 16.3. The highest BCUT2D eigenvalue weighted by atomic mass is 15.3. The molecule has 23 heavy (non-hydrogen) atoms. The first-order chi connectivity index (χ1) is 11.3. The SMILES string of the molecule is CCCCCCN(CCCCCC)Cc1cccc2[nH]nnc12. The molecule has 1 aromatic heterocycles. The first-order valence-corrected chi connectivity index (χ1v) is 9.36. The lowest BCUT2D eigenvalue weighted by Crippen LogP contribution is -2.26. The number of hydrogen-bond acceptors (Lipinski definition) is 3. The fourth-order valence-electron chi connectivity index (χ4n) is 3.09. The summed E-state index contributed by atoms with van der Waals surface area (Å²) in [6.07, 6.45) is 10.6. The van der Waals surface area contributed by atoms with Gasteiger partial charge in [-0.2, -0.15) is 0 Å². The summed E-state index contributed by atoms with van der Waals surface area (Å²) in [5, 5.41) is 11.2. The molecule has 0 fully saturated rings. The van der Waals surface area contributed by atoms with Crippen LogP contribution in [0.4, 0.5) is 0 Å². The van der Waals surface area contributed by atoms with Crippen LogP contribution in [0, 0.1) is 0 Å².